The Balaban J connectivity index is 1.67. The van der Waals surface area contributed by atoms with Crippen molar-refractivity contribution in [1.29, 1.82) is 0 Å². The van der Waals surface area contributed by atoms with E-state index in [1.165, 1.54) is 31.2 Å². The van der Waals surface area contributed by atoms with Crippen LogP contribution in [0.5, 0.6) is 0 Å². The van der Waals surface area contributed by atoms with E-state index in [0.717, 1.165) is 30.5 Å². The number of hydrogen-bond donors (Lipinski definition) is 0. The minimum absolute atomic E-state index is 0.0268. The van der Waals surface area contributed by atoms with Gasteiger partial charge < -0.3 is 0 Å². The number of carbonyl (C=O) groups excluding carboxylic acids is 1. The molecule has 2 nitrogen and oxygen atoms in total. The Morgan fingerprint density at radius 1 is 1.10 bits per heavy atom. The van der Waals surface area contributed by atoms with E-state index in [4.69, 9.17) is 0 Å². The molecule has 0 N–H and O–H groups in total. The number of benzene rings is 1. The maximum atomic E-state index is 12.7. The van der Waals surface area contributed by atoms with E-state index in [1.54, 1.807) is 0 Å². The first-order chi connectivity index (χ1) is 9.63. The molecule has 108 valence electrons. The van der Waals surface area contributed by atoms with Gasteiger partial charge in [-0.15, -0.1) is 0 Å². The highest BCUT2D eigenvalue weighted by molar-refractivity contribution is 5.99. The second-order valence-electron chi connectivity index (χ2n) is 6.75. The molecule has 1 aromatic rings. The van der Waals surface area contributed by atoms with Crippen LogP contribution in [0, 0.1) is 18.8 Å². The molecule has 0 bridgehead atoms. The Morgan fingerprint density at radius 2 is 1.60 bits per heavy atom. The Morgan fingerprint density at radius 3 is 2.05 bits per heavy atom. The van der Waals surface area contributed by atoms with Gasteiger partial charge in [0.1, 0.15) is 0 Å². The quantitative estimate of drug-likeness (QED) is 0.705. The summed E-state index contributed by atoms with van der Waals surface area (Å²) in [4.78, 5) is 15.1. The zero-order chi connectivity index (χ0) is 14.1. The molecule has 2 saturated carbocycles. The van der Waals surface area contributed by atoms with Gasteiger partial charge in [-0.2, -0.15) is 0 Å². The lowest BCUT2D eigenvalue weighted by Crippen LogP contribution is -2.41. The first-order valence-corrected chi connectivity index (χ1v) is 7.98. The SMILES string of the molecule is Cc1ccc(C(=O)C(C)N(CC2CC2)CC2CC2)cc1. The molecule has 0 spiro atoms. The highest BCUT2D eigenvalue weighted by Gasteiger charge is 2.33. The average Bonchev–Trinajstić information content (AvgIpc) is 3.32. The van der Waals surface area contributed by atoms with Crippen LogP contribution in [0.25, 0.3) is 0 Å². The summed E-state index contributed by atoms with van der Waals surface area (Å²) in [5.41, 5.74) is 2.07. The van der Waals surface area contributed by atoms with Crippen LogP contribution >= 0.6 is 0 Å². The van der Waals surface area contributed by atoms with Crippen molar-refractivity contribution in [1.82, 2.24) is 4.90 Å². The molecule has 0 saturated heterocycles. The molecule has 0 radical (unpaired) electrons. The summed E-state index contributed by atoms with van der Waals surface area (Å²) >= 11 is 0. The van der Waals surface area contributed by atoms with E-state index < -0.39 is 0 Å². The van der Waals surface area contributed by atoms with Gasteiger partial charge in [0.25, 0.3) is 0 Å². The monoisotopic (exact) mass is 271 g/mol. The first-order valence-electron chi connectivity index (χ1n) is 7.98. The fourth-order valence-electron chi connectivity index (χ4n) is 2.78. The predicted molar refractivity (Wildman–Crippen MR) is 82.0 cm³/mol. The zero-order valence-corrected chi connectivity index (χ0v) is 12.6. The van der Waals surface area contributed by atoms with Gasteiger partial charge in [0.05, 0.1) is 6.04 Å². The molecule has 1 unspecified atom stereocenters. The fraction of sp³-hybridized carbons (Fsp3) is 0.611. The van der Waals surface area contributed by atoms with Gasteiger partial charge in [0, 0.05) is 18.7 Å². The van der Waals surface area contributed by atoms with Gasteiger partial charge in [0.2, 0.25) is 0 Å². The molecule has 2 heteroatoms. The molecule has 20 heavy (non-hydrogen) atoms. The third kappa shape index (κ3) is 3.49. The van der Waals surface area contributed by atoms with Crippen molar-refractivity contribution in [3.8, 4) is 0 Å². The molecule has 0 aliphatic heterocycles. The van der Waals surface area contributed by atoms with Gasteiger partial charge >= 0.3 is 0 Å². The smallest absolute Gasteiger partial charge is 0.179 e. The Hall–Kier alpha value is -1.15. The van der Waals surface area contributed by atoms with Crippen molar-refractivity contribution in [3.05, 3.63) is 35.4 Å². The highest BCUT2D eigenvalue weighted by atomic mass is 16.1. The Labute approximate surface area is 122 Å². The largest absolute Gasteiger partial charge is 0.293 e. The van der Waals surface area contributed by atoms with Crippen molar-refractivity contribution in [2.75, 3.05) is 13.1 Å². The van der Waals surface area contributed by atoms with Gasteiger partial charge in [-0.25, -0.2) is 0 Å². The van der Waals surface area contributed by atoms with Crippen LogP contribution in [-0.4, -0.2) is 29.8 Å². The number of aryl methyl sites for hydroxylation is 1. The van der Waals surface area contributed by atoms with E-state index in [1.807, 2.05) is 24.3 Å². The maximum absolute atomic E-state index is 12.7. The van der Waals surface area contributed by atoms with E-state index in [-0.39, 0.29) is 11.8 Å². The van der Waals surface area contributed by atoms with Crippen molar-refractivity contribution >= 4 is 5.78 Å². The van der Waals surface area contributed by atoms with E-state index >= 15 is 0 Å². The first kappa shape index (κ1) is 13.8. The summed E-state index contributed by atoms with van der Waals surface area (Å²) in [7, 11) is 0. The second-order valence-corrected chi connectivity index (χ2v) is 6.75. The van der Waals surface area contributed by atoms with Crippen LogP contribution < -0.4 is 0 Å². The van der Waals surface area contributed by atoms with E-state index in [2.05, 4.69) is 18.7 Å². The number of carbonyl (C=O) groups is 1. The van der Waals surface area contributed by atoms with Gasteiger partial charge in [-0.05, 0) is 51.4 Å². The molecule has 0 heterocycles. The average molecular weight is 271 g/mol. The predicted octanol–water partition coefficient (Wildman–Crippen LogP) is 3.69. The second kappa shape index (κ2) is 5.69. The maximum Gasteiger partial charge on any atom is 0.179 e. The molecule has 0 aromatic heterocycles. The Kier molecular flexibility index (Phi) is 3.93. The number of nitrogens with zero attached hydrogens (tertiary/aromatic N) is 1. The summed E-state index contributed by atoms with van der Waals surface area (Å²) in [5, 5.41) is 0. The van der Waals surface area contributed by atoms with Crippen molar-refractivity contribution in [2.24, 2.45) is 11.8 Å². The molecule has 3 rings (SSSR count). The molecule has 1 atom stereocenters. The summed E-state index contributed by atoms with van der Waals surface area (Å²) in [5.74, 6) is 1.98. The lowest BCUT2D eigenvalue weighted by Gasteiger charge is -2.28. The summed E-state index contributed by atoms with van der Waals surface area (Å²) in [6.07, 6.45) is 5.42. The Bertz CT molecular complexity index is 457. The van der Waals surface area contributed by atoms with Crippen LogP contribution in [0.3, 0.4) is 0 Å². The van der Waals surface area contributed by atoms with E-state index in [9.17, 15) is 4.79 Å². The van der Waals surface area contributed by atoms with Gasteiger partial charge in [-0.1, -0.05) is 29.8 Å². The number of Topliss-reactive ketones (excluding diaryl/α,β-unsaturated/α-hetero) is 1. The lowest BCUT2D eigenvalue weighted by atomic mass is 10.0. The number of rotatable bonds is 7. The van der Waals surface area contributed by atoms with Crippen LogP contribution in [0.15, 0.2) is 24.3 Å². The van der Waals surface area contributed by atoms with Crippen molar-refractivity contribution in [3.63, 3.8) is 0 Å². The third-order valence-corrected chi connectivity index (χ3v) is 4.64. The minimum atomic E-state index is 0.0268. The van der Waals surface area contributed by atoms with Crippen LogP contribution in [0.2, 0.25) is 0 Å². The molecule has 1 aromatic carbocycles. The standard InChI is InChI=1S/C18H25NO/c1-13-3-9-17(10-4-13)18(20)14(2)19(11-15-5-6-15)12-16-7-8-16/h3-4,9-10,14-16H,5-8,11-12H2,1-2H3. The normalized spacial score (nSPS) is 20.1. The van der Waals surface area contributed by atoms with Crippen LogP contribution in [-0.2, 0) is 0 Å². The van der Waals surface area contributed by atoms with Crippen LogP contribution in [0.4, 0.5) is 0 Å². The van der Waals surface area contributed by atoms with Crippen LogP contribution in [0.1, 0.15) is 48.5 Å². The summed E-state index contributed by atoms with van der Waals surface area (Å²) < 4.78 is 0. The highest BCUT2D eigenvalue weighted by Crippen LogP contribution is 2.34. The molecule has 2 aliphatic carbocycles. The zero-order valence-electron chi connectivity index (χ0n) is 12.6. The molecular weight excluding hydrogens is 246 g/mol. The number of hydrogen-bond acceptors (Lipinski definition) is 2. The fourth-order valence-corrected chi connectivity index (χ4v) is 2.78. The number of ketones is 1. The molecule has 0 amide bonds. The van der Waals surface area contributed by atoms with Crippen molar-refractivity contribution < 1.29 is 4.79 Å². The summed E-state index contributed by atoms with van der Waals surface area (Å²) in [6, 6.07) is 8.04. The minimum Gasteiger partial charge on any atom is -0.293 e. The molecule has 2 aliphatic rings. The topological polar surface area (TPSA) is 20.3 Å². The van der Waals surface area contributed by atoms with Gasteiger partial charge in [0.15, 0.2) is 5.78 Å². The molecular formula is C18H25NO. The van der Waals surface area contributed by atoms with Gasteiger partial charge in [-0.3, -0.25) is 9.69 Å². The lowest BCUT2D eigenvalue weighted by molar-refractivity contribution is 0.0824. The van der Waals surface area contributed by atoms with E-state index in [0.29, 0.717) is 0 Å². The van der Waals surface area contributed by atoms with Crippen molar-refractivity contribution in [2.45, 2.75) is 45.6 Å². The third-order valence-electron chi connectivity index (χ3n) is 4.64. The molecule has 2 fully saturated rings. The summed E-state index contributed by atoms with van der Waals surface area (Å²) in [6.45, 7) is 6.39.